The Balaban J connectivity index is 0.00000180. The lowest BCUT2D eigenvalue weighted by Gasteiger charge is -2.27. The maximum Gasteiger partial charge on any atom is 0.191 e. The summed E-state index contributed by atoms with van der Waals surface area (Å²) in [6, 6.07) is 1.93. The topological polar surface area (TPSA) is 68.7 Å². The number of morpholine rings is 1. The van der Waals surface area contributed by atoms with Crippen molar-refractivity contribution in [2.24, 2.45) is 16.6 Å². The number of aromatic nitrogens is 2. The minimum absolute atomic E-state index is 0. The van der Waals surface area contributed by atoms with Crippen LogP contribution in [0.3, 0.4) is 0 Å². The molecule has 108 valence electrons. The fourth-order valence-corrected chi connectivity index (χ4v) is 1.93. The first-order valence-electron chi connectivity index (χ1n) is 6.36. The van der Waals surface area contributed by atoms with Crippen molar-refractivity contribution < 1.29 is 4.74 Å². The second-order valence-corrected chi connectivity index (χ2v) is 4.63. The standard InChI is InChI=1S/C12H21N5O.HI/c1-11(10-17-4-2-3-15-17)9-14-12(13)16-5-7-18-8-6-16;/h2-4,11H,5-10H2,1H3,(H2,13,14);1H. The van der Waals surface area contributed by atoms with Crippen LogP contribution in [0.2, 0.25) is 0 Å². The van der Waals surface area contributed by atoms with Gasteiger partial charge >= 0.3 is 0 Å². The Kier molecular flexibility index (Phi) is 7.14. The Morgan fingerprint density at radius 3 is 2.84 bits per heavy atom. The average Bonchev–Trinajstić information content (AvgIpc) is 2.90. The van der Waals surface area contributed by atoms with Crippen molar-refractivity contribution in [1.82, 2.24) is 14.7 Å². The van der Waals surface area contributed by atoms with Crippen LogP contribution in [0.5, 0.6) is 0 Å². The van der Waals surface area contributed by atoms with Crippen LogP contribution < -0.4 is 5.73 Å². The predicted molar refractivity (Wildman–Crippen MR) is 85.7 cm³/mol. The quantitative estimate of drug-likeness (QED) is 0.477. The summed E-state index contributed by atoms with van der Waals surface area (Å²) >= 11 is 0. The van der Waals surface area contributed by atoms with E-state index in [1.165, 1.54) is 0 Å². The molecule has 0 bridgehead atoms. The van der Waals surface area contributed by atoms with Gasteiger partial charge in [0.15, 0.2) is 5.96 Å². The lowest BCUT2D eigenvalue weighted by molar-refractivity contribution is 0.0674. The fraction of sp³-hybridized carbons (Fsp3) is 0.667. The van der Waals surface area contributed by atoms with E-state index in [1.54, 1.807) is 6.20 Å². The SMILES string of the molecule is CC(CN=C(N)N1CCOCC1)Cn1cccn1.I. The number of hydrogen-bond acceptors (Lipinski definition) is 3. The molecule has 1 aromatic heterocycles. The predicted octanol–water partition coefficient (Wildman–Crippen LogP) is 0.784. The zero-order valence-corrected chi connectivity index (χ0v) is 13.6. The van der Waals surface area contributed by atoms with Gasteiger partial charge in [0.1, 0.15) is 0 Å². The van der Waals surface area contributed by atoms with E-state index < -0.39 is 0 Å². The molecule has 0 spiro atoms. The third-order valence-corrected chi connectivity index (χ3v) is 2.96. The molecule has 1 aliphatic rings. The van der Waals surface area contributed by atoms with Gasteiger partial charge in [0.25, 0.3) is 0 Å². The van der Waals surface area contributed by atoms with Crippen LogP contribution in [-0.2, 0) is 11.3 Å². The number of ether oxygens (including phenoxy) is 1. The molecule has 0 aliphatic carbocycles. The van der Waals surface area contributed by atoms with E-state index in [2.05, 4.69) is 21.9 Å². The minimum Gasteiger partial charge on any atom is -0.378 e. The maximum absolute atomic E-state index is 5.97. The Bertz CT molecular complexity index is 375. The number of hydrogen-bond donors (Lipinski definition) is 1. The van der Waals surface area contributed by atoms with Gasteiger partial charge in [0.2, 0.25) is 0 Å². The van der Waals surface area contributed by atoms with Crippen molar-refractivity contribution in [1.29, 1.82) is 0 Å². The van der Waals surface area contributed by atoms with Gasteiger partial charge in [-0.05, 0) is 12.0 Å². The van der Waals surface area contributed by atoms with Gasteiger partial charge in [0, 0.05) is 38.6 Å². The molecule has 0 aromatic carbocycles. The summed E-state index contributed by atoms with van der Waals surface area (Å²) in [4.78, 5) is 6.53. The van der Waals surface area contributed by atoms with Crippen LogP contribution in [-0.4, -0.2) is 53.5 Å². The summed E-state index contributed by atoms with van der Waals surface area (Å²) < 4.78 is 7.20. The molecule has 7 heteroatoms. The average molecular weight is 379 g/mol. The summed E-state index contributed by atoms with van der Waals surface area (Å²) in [5, 5.41) is 4.18. The Morgan fingerprint density at radius 1 is 1.47 bits per heavy atom. The Hall–Kier alpha value is -0.830. The van der Waals surface area contributed by atoms with Crippen molar-refractivity contribution in [3.8, 4) is 0 Å². The van der Waals surface area contributed by atoms with Crippen molar-refractivity contribution in [3.05, 3.63) is 18.5 Å². The highest BCUT2D eigenvalue weighted by Gasteiger charge is 2.12. The number of nitrogens with zero attached hydrogens (tertiary/aromatic N) is 4. The van der Waals surface area contributed by atoms with E-state index in [1.807, 2.05) is 16.9 Å². The van der Waals surface area contributed by atoms with Gasteiger partial charge < -0.3 is 15.4 Å². The van der Waals surface area contributed by atoms with Gasteiger partial charge in [-0.25, -0.2) is 0 Å². The van der Waals surface area contributed by atoms with Gasteiger partial charge in [-0.15, -0.1) is 24.0 Å². The molecule has 1 aromatic rings. The Labute approximate surface area is 131 Å². The van der Waals surface area contributed by atoms with Crippen LogP contribution >= 0.6 is 24.0 Å². The molecule has 0 radical (unpaired) electrons. The highest BCUT2D eigenvalue weighted by Crippen LogP contribution is 2.02. The maximum atomic E-state index is 5.97. The van der Waals surface area contributed by atoms with Crippen molar-refractivity contribution in [2.75, 3.05) is 32.8 Å². The zero-order chi connectivity index (χ0) is 12.8. The summed E-state index contributed by atoms with van der Waals surface area (Å²) in [5.41, 5.74) is 5.97. The van der Waals surface area contributed by atoms with Crippen LogP contribution in [0.25, 0.3) is 0 Å². The first-order chi connectivity index (χ1) is 8.75. The summed E-state index contributed by atoms with van der Waals surface area (Å²) in [6.45, 7) is 6.89. The first-order valence-corrected chi connectivity index (χ1v) is 6.36. The molecule has 2 N–H and O–H groups in total. The van der Waals surface area contributed by atoms with Crippen molar-refractivity contribution in [2.45, 2.75) is 13.5 Å². The Morgan fingerprint density at radius 2 is 2.21 bits per heavy atom. The molecule has 2 heterocycles. The smallest absolute Gasteiger partial charge is 0.191 e. The second-order valence-electron chi connectivity index (χ2n) is 4.63. The van der Waals surface area contributed by atoms with E-state index in [-0.39, 0.29) is 24.0 Å². The van der Waals surface area contributed by atoms with E-state index in [0.717, 1.165) is 39.4 Å². The second kappa shape index (κ2) is 8.36. The number of nitrogens with two attached hydrogens (primary N) is 1. The number of halogens is 1. The van der Waals surface area contributed by atoms with E-state index >= 15 is 0 Å². The molecule has 1 saturated heterocycles. The first kappa shape index (κ1) is 16.2. The fourth-order valence-electron chi connectivity index (χ4n) is 1.93. The molecular formula is C12H22IN5O. The molecule has 0 amide bonds. The summed E-state index contributed by atoms with van der Waals surface area (Å²) in [7, 11) is 0. The summed E-state index contributed by atoms with van der Waals surface area (Å²) in [5.74, 6) is 1.05. The third kappa shape index (κ3) is 5.35. The third-order valence-electron chi connectivity index (χ3n) is 2.96. The number of rotatable bonds is 4. The van der Waals surface area contributed by atoms with E-state index in [4.69, 9.17) is 10.5 Å². The molecular weight excluding hydrogens is 357 g/mol. The van der Waals surface area contributed by atoms with Gasteiger partial charge in [-0.1, -0.05) is 6.92 Å². The largest absolute Gasteiger partial charge is 0.378 e. The summed E-state index contributed by atoms with van der Waals surface area (Å²) in [6.07, 6.45) is 3.75. The normalized spacial score (nSPS) is 17.9. The lowest BCUT2D eigenvalue weighted by Crippen LogP contribution is -2.45. The molecule has 1 atom stereocenters. The van der Waals surface area contributed by atoms with Crippen LogP contribution in [0.15, 0.2) is 23.5 Å². The zero-order valence-electron chi connectivity index (χ0n) is 11.2. The highest BCUT2D eigenvalue weighted by atomic mass is 127. The lowest BCUT2D eigenvalue weighted by atomic mass is 10.2. The van der Waals surface area contributed by atoms with E-state index in [0.29, 0.717) is 11.9 Å². The van der Waals surface area contributed by atoms with Crippen LogP contribution in [0.4, 0.5) is 0 Å². The van der Waals surface area contributed by atoms with Crippen molar-refractivity contribution in [3.63, 3.8) is 0 Å². The number of aliphatic imine (C=N–C) groups is 1. The highest BCUT2D eigenvalue weighted by molar-refractivity contribution is 14.0. The molecule has 1 aliphatic heterocycles. The van der Waals surface area contributed by atoms with Crippen molar-refractivity contribution >= 4 is 29.9 Å². The van der Waals surface area contributed by atoms with Gasteiger partial charge in [-0.3, -0.25) is 9.67 Å². The van der Waals surface area contributed by atoms with E-state index in [9.17, 15) is 0 Å². The molecule has 1 unspecified atom stereocenters. The molecule has 19 heavy (non-hydrogen) atoms. The van der Waals surface area contributed by atoms with Crippen LogP contribution in [0.1, 0.15) is 6.92 Å². The minimum atomic E-state index is 0. The monoisotopic (exact) mass is 379 g/mol. The molecule has 0 saturated carbocycles. The molecule has 2 rings (SSSR count). The molecule has 6 nitrogen and oxygen atoms in total. The van der Waals surface area contributed by atoms with Crippen LogP contribution in [0, 0.1) is 5.92 Å². The number of guanidine groups is 1. The van der Waals surface area contributed by atoms with Gasteiger partial charge in [-0.2, -0.15) is 5.10 Å². The van der Waals surface area contributed by atoms with Gasteiger partial charge in [0.05, 0.1) is 13.2 Å². The molecule has 1 fully saturated rings.